The van der Waals surface area contributed by atoms with Crippen LogP contribution in [0, 0.1) is 0 Å². The summed E-state index contributed by atoms with van der Waals surface area (Å²) < 4.78 is 12.7. The van der Waals surface area contributed by atoms with Gasteiger partial charge in [-0.3, -0.25) is 0 Å². The standard InChI is InChI=1S/C15H23BrO2/c1-3-5-11-17-15(18-12-6-4-2)13-7-9-14(16)10-8-13/h7-10,15H,3-6,11-12H2,1-2H3. The quantitative estimate of drug-likeness (QED) is 0.467. The average molecular weight is 315 g/mol. The third-order valence-corrected chi connectivity index (χ3v) is 3.21. The van der Waals surface area contributed by atoms with Gasteiger partial charge in [-0.05, 0) is 25.0 Å². The zero-order valence-corrected chi connectivity index (χ0v) is 12.9. The topological polar surface area (TPSA) is 18.5 Å². The van der Waals surface area contributed by atoms with Crippen LogP contribution in [0.5, 0.6) is 0 Å². The fraction of sp³-hybridized carbons (Fsp3) is 0.600. The van der Waals surface area contributed by atoms with Gasteiger partial charge in [0.2, 0.25) is 0 Å². The predicted octanol–water partition coefficient (Wildman–Crippen LogP) is 5.08. The van der Waals surface area contributed by atoms with Crippen molar-refractivity contribution in [3.05, 3.63) is 34.3 Å². The third-order valence-electron chi connectivity index (χ3n) is 2.68. The lowest BCUT2D eigenvalue weighted by Crippen LogP contribution is -2.10. The van der Waals surface area contributed by atoms with Crippen LogP contribution in [-0.2, 0) is 9.47 Å². The maximum absolute atomic E-state index is 5.82. The van der Waals surface area contributed by atoms with Gasteiger partial charge in [0, 0.05) is 10.0 Å². The first-order valence-corrected chi connectivity index (χ1v) is 7.55. The van der Waals surface area contributed by atoms with E-state index in [1.807, 2.05) is 24.3 Å². The van der Waals surface area contributed by atoms with Crippen LogP contribution >= 0.6 is 15.9 Å². The van der Waals surface area contributed by atoms with E-state index in [9.17, 15) is 0 Å². The van der Waals surface area contributed by atoms with Crippen LogP contribution in [0.2, 0.25) is 0 Å². The Morgan fingerprint density at radius 3 is 1.89 bits per heavy atom. The lowest BCUT2D eigenvalue weighted by Gasteiger charge is -2.19. The van der Waals surface area contributed by atoms with Crippen LogP contribution in [0.1, 0.15) is 51.4 Å². The molecule has 2 nitrogen and oxygen atoms in total. The van der Waals surface area contributed by atoms with Gasteiger partial charge in [-0.2, -0.15) is 0 Å². The van der Waals surface area contributed by atoms with Crippen molar-refractivity contribution in [3.63, 3.8) is 0 Å². The van der Waals surface area contributed by atoms with Gasteiger partial charge in [0.15, 0.2) is 6.29 Å². The summed E-state index contributed by atoms with van der Waals surface area (Å²) in [6.07, 6.45) is 4.20. The monoisotopic (exact) mass is 314 g/mol. The molecule has 0 radical (unpaired) electrons. The van der Waals surface area contributed by atoms with E-state index in [-0.39, 0.29) is 6.29 Å². The van der Waals surface area contributed by atoms with E-state index < -0.39 is 0 Å². The van der Waals surface area contributed by atoms with Crippen molar-refractivity contribution >= 4 is 15.9 Å². The van der Waals surface area contributed by atoms with Crippen molar-refractivity contribution in [3.8, 4) is 0 Å². The van der Waals surface area contributed by atoms with Crippen molar-refractivity contribution in [1.82, 2.24) is 0 Å². The van der Waals surface area contributed by atoms with Crippen molar-refractivity contribution in [1.29, 1.82) is 0 Å². The Hall–Kier alpha value is -0.380. The summed E-state index contributed by atoms with van der Waals surface area (Å²) in [6.45, 7) is 5.83. The Labute approximate surface area is 119 Å². The van der Waals surface area contributed by atoms with Crippen LogP contribution in [0.25, 0.3) is 0 Å². The molecule has 0 aromatic heterocycles. The highest BCUT2D eigenvalue weighted by molar-refractivity contribution is 9.10. The van der Waals surface area contributed by atoms with E-state index in [4.69, 9.17) is 9.47 Å². The van der Waals surface area contributed by atoms with Gasteiger partial charge in [-0.15, -0.1) is 0 Å². The maximum atomic E-state index is 5.82. The molecule has 0 saturated carbocycles. The average Bonchev–Trinajstić information content (AvgIpc) is 2.38. The predicted molar refractivity (Wildman–Crippen MR) is 78.6 cm³/mol. The van der Waals surface area contributed by atoms with Gasteiger partial charge in [-0.1, -0.05) is 54.8 Å². The molecular weight excluding hydrogens is 292 g/mol. The Balaban J connectivity index is 2.54. The largest absolute Gasteiger partial charge is 0.348 e. The molecule has 0 N–H and O–H groups in total. The van der Waals surface area contributed by atoms with Crippen LogP contribution in [0.15, 0.2) is 28.7 Å². The smallest absolute Gasteiger partial charge is 0.183 e. The number of hydrogen-bond donors (Lipinski definition) is 0. The minimum absolute atomic E-state index is 0.226. The molecule has 0 bridgehead atoms. The highest BCUT2D eigenvalue weighted by Crippen LogP contribution is 2.22. The minimum atomic E-state index is -0.226. The molecule has 0 fully saturated rings. The zero-order chi connectivity index (χ0) is 13.2. The Morgan fingerprint density at radius 2 is 1.44 bits per heavy atom. The molecule has 0 atom stereocenters. The van der Waals surface area contributed by atoms with Crippen molar-refractivity contribution < 1.29 is 9.47 Å². The van der Waals surface area contributed by atoms with E-state index in [2.05, 4.69) is 29.8 Å². The first-order chi connectivity index (χ1) is 8.77. The highest BCUT2D eigenvalue weighted by Gasteiger charge is 2.11. The second kappa shape index (κ2) is 9.54. The molecule has 0 aliphatic rings. The fourth-order valence-electron chi connectivity index (χ4n) is 1.53. The van der Waals surface area contributed by atoms with Gasteiger partial charge < -0.3 is 9.47 Å². The third kappa shape index (κ3) is 5.98. The Morgan fingerprint density at radius 1 is 0.944 bits per heavy atom. The molecule has 18 heavy (non-hydrogen) atoms. The van der Waals surface area contributed by atoms with Crippen LogP contribution in [0.4, 0.5) is 0 Å². The van der Waals surface area contributed by atoms with Gasteiger partial charge >= 0.3 is 0 Å². The van der Waals surface area contributed by atoms with E-state index >= 15 is 0 Å². The first kappa shape index (κ1) is 15.7. The van der Waals surface area contributed by atoms with Gasteiger partial charge in [0.25, 0.3) is 0 Å². The lowest BCUT2D eigenvalue weighted by atomic mass is 10.2. The van der Waals surface area contributed by atoms with Crippen LogP contribution < -0.4 is 0 Å². The lowest BCUT2D eigenvalue weighted by molar-refractivity contribution is -0.148. The number of unbranched alkanes of at least 4 members (excludes halogenated alkanes) is 2. The van der Waals surface area contributed by atoms with Crippen molar-refractivity contribution in [2.45, 2.75) is 45.8 Å². The molecule has 3 heteroatoms. The summed E-state index contributed by atoms with van der Waals surface area (Å²) in [5.41, 5.74) is 1.09. The summed E-state index contributed by atoms with van der Waals surface area (Å²) in [7, 11) is 0. The summed E-state index contributed by atoms with van der Waals surface area (Å²) in [4.78, 5) is 0. The number of halogens is 1. The molecular formula is C15H23BrO2. The summed E-state index contributed by atoms with van der Waals surface area (Å²) >= 11 is 3.44. The van der Waals surface area contributed by atoms with E-state index in [0.29, 0.717) is 0 Å². The van der Waals surface area contributed by atoms with Crippen LogP contribution in [0.3, 0.4) is 0 Å². The Kier molecular flexibility index (Phi) is 8.31. The van der Waals surface area contributed by atoms with Gasteiger partial charge in [0.1, 0.15) is 0 Å². The van der Waals surface area contributed by atoms with Crippen molar-refractivity contribution in [2.24, 2.45) is 0 Å². The molecule has 0 aliphatic heterocycles. The summed E-state index contributed by atoms with van der Waals surface area (Å²) in [5.74, 6) is 0. The first-order valence-electron chi connectivity index (χ1n) is 6.76. The molecule has 1 aromatic rings. The molecule has 0 aliphatic carbocycles. The van der Waals surface area contributed by atoms with E-state index in [1.165, 1.54) is 0 Å². The molecule has 1 rings (SSSR count). The summed E-state index contributed by atoms with van der Waals surface area (Å²) in [5, 5.41) is 0. The van der Waals surface area contributed by atoms with E-state index in [1.54, 1.807) is 0 Å². The number of rotatable bonds is 9. The summed E-state index contributed by atoms with van der Waals surface area (Å²) in [6, 6.07) is 8.14. The second-order valence-corrected chi connectivity index (χ2v) is 5.25. The molecule has 0 heterocycles. The molecule has 0 spiro atoms. The minimum Gasteiger partial charge on any atom is -0.348 e. The maximum Gasteiger partial charge on any atom is 0.183 e. The van der Waals surface area contributed by atoms with Gasteiger partial charge in [0.05, 0.1) is 13.2 Å². The molecule has 0 saturated heterocycles. The second-order valence-electron chi connectivity index (χ2n) is 4.33. The molecule has 1 aromatic carbocycles. The van der Waals surface area contributed by atoms with E-state index in [0.717, 1.165) is 48.9 Å². The highest BCUT2D eigenvalue weighted by atomic mass is 79.9. The normalized spacial score (nSPS) is 11.1. The number of benzene rings is 1. The molecule has 0 unspecified atom stereocenters. The Bertz CT molecular complexity index is 301. The molecule has 0 amide bonds. The molecule has 102 valence electrons. The number of hydrogen-bond acceptors (Lipinski definition) is 2. The van der Waals surface area contributed by atoms with Crippen LogP contribution in [-0.4, -0.2) is 13.2 Å². The number of ether oxygens (including phenoxy) is 2. The van der Waals surface area contributed by atoms with Gasteiger partial charge in [-0.25, -0.2) is 0 Å². The van der Waals surface area contributed by atoms with Crippen molar-refractivity contribution in [2.75, 3.05) is 13.2 Å². The zero-order valence-electron chi connectivity index (χ0n) is 11.3. The fourth-order valence-corrected chi connectivity index (χ4v) is 1.79. The SMILES string of the molecule is CCCCOC(OCCCC)c1ccc(Br)cc1.